The zero-order chi connectivity index (χ0) is 16.8. The molecule has 0 aliphatic heterocycles. The van der Waals surface area contributed by atoms with Crippen LogP contribution in [0.3, 0.4) is 0 Å². The SMILES string of the molecule is CN=C(NCCc1sc(C)nc1C)NC(C)CCS(C)(=O)=O. The Morgan fingerprint density at radius 1 is 1.41 bits per heavy atom. The summed E-state index contributed by atoms with van der Waals surface area (Å²) in [6.07, 6.45) is 2.72. The molecule has 0 saturated carbocycles. The molecule has 1 aromatic heterocycles. The minimum atomic E-state index is -2.92. The van der Waals surface area contributed by atoms with Crippen LogP contribution in [-0.4, -0.2) is 51.0 Å². The minimum Gasteiger partial charge on any atom is -0.356 e. The van der Waals surface area contributed by atoms with E-state index in [0.717, 1.165) is 23.7 Å². The largest absolute Gasteiger partial charge is 0.356 e. The van der Waals surface area contributed by atoms with Crippen molar-refractivity contribution in [3.8, 4) is 0 Å². The molecule has 0 amide bonds. The van der Waals surface area contributed by atoms with Crippen LogP contribution in [0.25, 0.3) is 0 Å². The van der Waals surface area contributed by atoms with Crippen LogP contribution in [-0.2, 0) is 16.3 Å². The van der Waals surface area contributed by atoms with Crippen molar-refractivity contribution in [3.05, 3.63) is 15.6 Å². The zero-order valence-electron chi connectivity index (χ0n) is 13.9. The molecular weight excluding hydrogens is 320 g/mol. The van der Waals surface area contributed by atoms with E-state index in [-0.39, 0.29) is 11.8 Å². The second-order valence-corrected chi connectivity index (χ2v) is 9.00. The van der Waals surface area contributed by atoms with Gasteiger partial charge in [0.25, 0.3) is 0 Å². The summed E-state index contributed by atoms with van der Waals surface area (Å²) in [4.78, 5) is 9.86. The highest BCUT2D eigenvalue weighted by atomic mass is 32.2. The van der Waals surface area contributed by atoms with Crippen molar-refractivity contribution in [1.29, 1.82) is 0 Å². The highest BCUT2D eigenvalue weighted by Crippen LogP contribution is 2.16. The molecule has 1 heterocycles. The molecule has 0 aromatic carbocycles. The molecule has 1 aromatic rings. The number of aliphatic imine (C=N–C) groups is 1. The van der Waals surface area contributed by atoms with Gasteiger partial charge in [-0.1, -0.05) is 0 Å². The van der Waals surface area contributed by atoms with Gasteiger partial charge < -0.3 is 10.6 Å². The van der Waals surface area contributed by atoms with Crippen LogP contribution in [0.4, 0.5) is 0 Å². The van der Waals surface area contributed by atoms with Gasteiger partial charge in [-0.3, -0.25) is 4.99 Å². The predicted octanol–water partition coefficient (Wildman–Crippen LogP) is 1.29. The second kappa shape index (κ2) is 8.47. The normalized spacial score (nSPS) is 14.0. The fourth-order valence-electron chi connectivity index (χ4n) is 1.99. The van der Waals surface area contributed by atoms with E-state index in [1.165, 1.54) is 11.1 Å². The van der Waals surface area contributed by atoms with E-state index in [0.29, 0.717) is 12.4 Å². The number of aryl methyl sites for hydroxylation is 2. The standard InChI is InChI=1S/C14H26N4O2S2/c1-10(7-9-22(5,19)20)17-14(15-4)16-8-6-13-11(2)18-12(3)21-13/h10H,6-9H2,1-5H3,(H2,15,16,17). The molecule has 0 fully saturated rings. The lowest BCUT2D eigenvalue weighted by atomic mass is 10.2. The molecule has 2 N–H and O–H groups in total. The van der Waals surface area contributed by atoms with Gasteiger partial charge in [0.2, 0.25) is 0 Å². The van der Waals surface area contributed by atoms with E-state index >= 15 is 0 Å². The van der Waals surface area contributed by atoms with Crippen LogP contribution in [0.15, 0.2) is 4.99 Å². The second-order valence-electron chi connectivity index (χ2n) is 5.45. The van der Waals surface area contributed by atoms with Gasteiger partial charge in [0.15, 0.2) is 5.96 Å². The number of nitrogens with zero attached hydrogens (tertiary/aromatic N) is 2. The summed E-state index contributed by atoms with van der Waals surface area (Å²) in [6, 6.07) is 0.0494. The number of sulfone groups is 1. The molecule has 1 atom stereocenters. The van der Waals surface area contributed by atoms with E-state index < -0.39 is 9.84 Å². The molecule has 0 aliphatic rings. The lowest BCUT2D eigenvalue weighted by molar-refractivity contribution is 0.581. The van der Waals surface area contributed by atoms with E-state index in [9.17, 15) is 8.42 Å². The first kappa shape index (κ1) is 18.9. The van der Waals surface area contributed by atoms with E-state index in [4.69, 9.17) is 0 Å². The van der Waals surface area contributed by atoms with Gasteiger partial charge in [-0.05, 0) is 27.2 Å². The Balaban J connectivity index is 2.38. The quantitative estimate of drug-likeness (QED) is 0.574. The Bertz CT molecular complexity index is 608. The summed E-state index contributed by atoms with van der Waals surface area (Å²) in [5, 5.41) is 7.55. The molecule has 8 heteroatoms. The van der Waals surface area contributed by atoms with Crippen LogP contribution in [0.2, 0.25) is 0 Å². The van der Waals surface area contributed by atoms with Crippen molar-refractivity contribution in [3.63, 3.8) is 0 Å². The van der Waals surface area contributed by atoms with E-state index in [2.05, 4.69) is 20.6 Å². The fraction of sp³-hybridized carbons (Fsp3) is 0.714. The van der Waals surface area contributed by atoms with Crippen molar-refractivity contribution in [2.45, 2.75) is 39.7 Å². The highest BCUT2D eigenvalue weighted by molar-refractivity contribution is 7.90. The fourth-order valence-corrected chi connectivity index (χ4v) is 3.71. The third kappa shape index (κ3) is 7.22. The molecule has 0 bridgehead atoms. The Kier molecular flexibility index (Phi) is 7.28. The number of aromatic nitrogens is 1. The number of guanidine groups is 1. The lowest BCUT2D eigenvalue weighted by Gasteiger charge is -2.17. The maximum absolute atomic E-state index is 11.2. The number of nitrogens with one attached hydrogen (secondary N) is 2. The van der Waals surface area contributed by atoms with Crippen molar-refractivity contribution >= 4 is 27.1 Å². The third-order valence-corrected chi connectivity index (χ3v) is 5.28. The number of hydrogen-bond donors (Lipinski definition) is 2. The lowest BCUT2D eigenvalue weighted by Crippen LogP contribution is -2.43. The maximum Gasteiger partial charge on any atom is 0.191 e. The first-order chi connectivity index (χ1) is 10.2. The molecule has 1 unspecified atom stereocenters. The molecule has 0 radical (unpaired) electrons. The minimum absolute atomic E-state index is 0.0494. The molecule has 1 rings (SSSR count). The summed E-state index contributed by atoms with van der Waals surface area (Å²) in [7, 11) is -1.21. The van der Waals surface area contributed by atoms with Crippen LogP contribution in [0.5, 0.6) is 0 Å². The van der Waals surface area contributed by atoms with Crippen molar-refractivity contribution in [2.24, 2.45) is 4.99 Å². The van der Waals surface area contributed by atoms with Gasteiger partial charge in [0, 0.05) is 37.2 Å². The van der Waals surface area contributed by atoms with E-state index in [1.54, 1.807) is 18.4 Å². The van der Waals surface area contributed by atoms with Gasteiger partial charge >= 0.3 is 0 Å². The summed E-state index contributed by atoms with van der Waals surface area (Å²) >= 11 is 1.72. The molecule has 0 spiro atoms. The third-order valence-electron chi connectivity index (χ3n) is 3.17. The summed E-state index contributed by atoms with van der Waals surface area (Å²) in [5.41, 5.74) is 1.09. The molecule has 126 valence electrons. The smallest absolute Gasteiger partial charge is 0.191 e. The average Bonchev–Trinajstić information content (AvgIpc) is 2.73. The first-order valence-corrected chi connectivity index (χ1v) is 10.2. The molecule has 22 heavy (non-hydrogen) atoms. The number of hydrogen-bond acceptors (Lipinski definition) is 5. The van der Waals surface area contributed by atoms with Gasteiger partial charge in [-0.25, -0.2) is 13.4 Å². The van der Waals surface area contributed by atoms with Crippen molar-refractivity contribution < 1.29 is 8.42 Å². The van der Waals surface area contributed by atoms with Gasteiger partial charge in [0.05, 0.1) is 16.5 Å². The topological polar surface area (TPSA) is 83.4 Å². The molecule has 0 aliphatic carbocycles. The van der Waals surface area contributed by atoms with Gasteiger partial charge in [-0.15, -0.1) is 11.3 Å². The summed E-state index contributed by atoms with van der Waals surface area (Å²) < 4.78 is 22.4. The Morgan fingerprint density at radius 2 is 2.09 bits per heavy atom. The Hall–Kier alpha value is -1.15. The molecular formula is C14H26N4O2S2. The maximum atomic E-state index is 11.2. The number of rotatable bonds is 7. The van der Waals surface area contributed by atoms with Gasteiger partial charge in [-0.2, -0.15) is 0 Å². The summed E-state index contributed by atoms with van der Waals surface area (Å²) in [5.74, 6) is 0.872. The van der Waals surface area contributed by atoms with Crippen LogP contribution >= 0.6 is 11.3 Å². The van der Waals surface area contributed by atoms with Crippen LogP contribution in [0.1, 0.15) is 28.9 Å². The Morgan fingerprint density at radius 3 is 2.59 bits per heavy atom. The molecule has 0 saturated heterocycles. The predicted molar refractivity (Wildman–Crippen MR) is 93.6 cm³/mol. The molecule has 6 nitrogen and oxygen atoms in total. The highest BCUT2D eigenvalue weighted by Gasteiger charge is 2.10. The van der Waals surface area contributed by atoms with Crippen molar-refractivity contribution in [1.82, 2.24) is 15.6 Å². The summed E-state index contributed by atoms with van der Waals surface area (Å²) in [6.45, 7) is 6.76. The number of thiazole rings is 1. The average molecular weight is 347 g/mol. The van der Waals surface area contributed by atoms with Crippen LogP contribution in [0, 0.1) is 13.8 Å². The van der Waals surface area contributed by atoms with E-state index in [1.807, 2.05) is 20.8 Å². The zero-order valence-corrected chi connectivity index (χ0v) is 15.6. The Labute approximate surface area is 137 Å². The first-order valence-electron chi connectivity index (χ1n) is 7.29. The monoisotopic (exact) mass is 346 g/mol. The van der Waals surface area contributed by atoms with Crippen molar-refractivity contribution in [2.75, 3.05) is 25.6 Å². The van der Waals surface area contributed by atoms with Crippen LogP contribution < -0.4 is 10.6 Å². The van der Waals surface area contributed by atoms with Gasteiger partial charge in [0.1, 0.15) is 9.84 Å².